The number of rotatable bonds is 3. The smallest absolute Gasteiger partial charge is 0.253 e. The van der Waals surface area contributed by atoms with Gasteiger partial charge in [-0.05, 0) is 19.1 Å². The van der Waals surface area contributed by atoms with E-state index in [2.05, 4.69) is 20.3 Å². The van der Waals surface area contributed by atoms with Crippen LogP contribution in [0.4, 0.5) is 0 Å². The molecule has 2 rings (SSSR count). The summed E-state index contributed by atoms with van der Waals surface area (Å²) in [6, 6.07) is 3.19. The van der Waals surface area contributed by atoms with Gasteiger partial charge >= 0.3 is 0 Å². The van der Waals surface area contributed by atoms with E-state index in [9.17, 15) is 4.79 Å². The summed E-state index contributed by atoms with van der Waals surface area (Å²) in [4.78, 5) is 23.8. The number of nitrogens with zero attached hydrogens (tertiary/aromatic N) is 3. The van der Waals surface area contributed by atoms with Crippen molar-refractivity contribution in [3.05, 3.63) is 52.8 Å². The minimum atomic E-state index is -0.221. The molecule has 1 amide bonds. The zero-order valence-electron chi connectivity index (χ0n) is 9.72. The Morgan fingerprint density at radius 1 is 1.22 bits per heavy atom. The Morgan fingerprint density at radius 3 is 2.67 bits per heavy atom. The minimum absolute atomic E-state index is 0.221. The zero-order valence-corrected chi connectivity index (χ0v) is 10.5. The number of pyridine rings is 1. The molecule has 2 aromatic rings. The molecule has 0 atom stereocenters. The molecule has 2 heterocycles. The standard InChI is InChI=1S/C12H11ClN4O/c1-8-4-15-10(6-14-8)7-17-12(18)9-2-3-11(13)16-5-9/h2-6H,7H2,1H3,(H,17,18). The third kappa shape index (κ3) is 3.24. The first-order chi connectivity index (χ1) is 8.65. The number of aryl methyl sites for hydroxylation is 1. The molecule has 0 aliphatic carbocycles. The highest BCUT2D eigenvalue weighted by atomic mass is 35.5. The average Bonchev–Trinajstić information content (AvgIpc) is 2.38. The van der Waals surface area contributed by atoms with E-state index in [-0.39, 0.29) is 5.91 Å². The summed E-state index contributed by atoms with van der Waals surface area (Å²) in [5.41, 5.74) is 2.00. The van der Waals surface area contributed by atoms with Crippen LogP contribution in [0.3, 0.4) is 0 Å². The molecule has 0 unspecified atom stereocenters. The summed E-state index contributed by atoms with van der Waals surface area (Å²) in [5, 5.41) is 3.09. The van der Waals surface area contributed by atoms with E-state index in [4.69, 9.17) is 11.6 Å². The molecule has 0 aliphatic heterocycles. The molecule has 0 fully saturated rings. The van der Waals surface area contributed by atoms with Crippen molar-refractivity contribution >= 4 is 17.5 Å². The Kier molecular flexibility index (Phi) is 3.84. The van der Waals surface area contributed by atoms with Crippen molar-refractivity contribution in [2.24, 2.45) is 0 Å². The lowest BCUT2D eigenvalue weighted by atomic mass is 10.2. The fourth-order valence-electron chi connectivity index (χ4n) is 1.29. The molecule has 0 aliphatic rings. The van der Waals surface area contributed by atoms with Crippen LogP contribution in [0, 0.1) is 6.92 Å². The van der Waals surface area contributed by atoms with E-state index >= 15 is 0 Å². The Balaban J connectivity index is 1.96. The normalized spacial score (nSPS) is 10.1. The quantitative estimate of drug-likeness (QED) is 0.856. The minimum Gasteiger partial charge on any atom is -0.346 e. The first kappa shape index (κ1) is 12.4. The molecule has 0 saturated carbocycles. The fraction of sp³-hybridized carbons (Fsp3) is 0.167. The molecule has 5 nitrogen and oxygen atoms in total. The monoisotopic (exact) mass is 262 g/mol. The van der Waals surface area contributed by atoms with Crippen LogP contribution in [-0.4, -0.2) is 20.9 Å². The third-order valence-electron chi connectivity index (χ3n) is 2.25. The van der Waals surface area contributed by atoms with Gasteiger partial charge in [-0.2, -0.15) is 0 Å². The van der Waals surface area contributed by atoms with E-state index in [1.54, 1.807) is 24.5 Å². The van der Waals surface area contributed by atoms with Crippen molar-refractivity contribution in [3.8, 4) is 0 Å². The summed E-state index contributed by atoms with van der Waals surface area (Å²) < 4.78 is 0. The maximum atomic E-state index is 11.8. The van der Waals surface area contributed by atoms with Crippen molar-refractivity contribution in [2.75, 3.05) is 0 Å². The number of hydrogen-bond acceptors (Lipinski definition) is 4. The molecule has 0 aromatic carbocycles. The van der Waals surface area contributed by atoms with Crippen molar-refractivity contribution in [2.45, 2.75) is 13.5 Å². The SMILES string of the molecule is Cc1cnc(CNC(=O)c2ccc(Cl)nc2)cn1. The Labute approximate surface area is 109 Å². The molecule has 0 bridgehead atoms. The summed E-state index contributed by atoms with van der Waals surface area (Å²) >= 11 is 5.64. The lowest BCUT2D eigenvalue weighted by molar-refractivity contribution is 0.0950. The van der Waals surface area contributed by atoms with Gasteiger partial charge in [-0.1, -0.05) is 11.6 Å². The van der Waals surface area contributed by atoms with Gasteiger partial charge in [0.1, 0.15) is 5.15 Å². The lowest BCUT2D eigenvalue weighted by Gasteiger charge is -2.04. The van der Waals surface area contributed by atoms with Crippen LogP contribution >= 0.6 is 11.6 Å². The van der Waals surface area contributed by atoms with E-state index in [0.29, 0.717) is 23.0 Å². The molecule has 0 radical (unpaired) electrons. The molecular weight excluding hydrogens is 252 g/mol. The molecule has 18 heavy (non-hydrogen) atoms. The van der Waals surface area contributed by atoms with Gasteiger partial charge in [0.05, 0.1) is 29.7 Å². The number of nitrogens with one attached hydrogen (secondary N) is 1. The van der Waals surface area contributed by atoms with Crippen molar-refractivity contribution in [3.63, 3.8) is 0 Å². The molecule has 92 valence electrons. The van der Waals surface area contributed by atoms with E-state index in [1.807, 2.05) is 6.92 Å². The van der Waals surface area contributed by atoms with Crippen LogP contribution in [0.15, 0.2) is 30.7 Å². The maximum Gasteiger partial charge on any atom is 0.253 e. The van der Waals surface area contributed by atoms with E-state index < -0.39 is 0 Å². The molecule has 6 heteroatoms. The van der Waals surface area contributed by atoms with Crippen LogP contribution in [0.2, 0.25) is 5.15 Å². The number of halogens is 1. The van der Waals surface area contributed by atoms with Gasteiger partial charge in [-0.3, -0.25) is 14.8 Å². The number of carbonyl (C=O) groups is 1. The number of hydrogen-bond donors (Lipinski definition) is 1. The molecular formula is C12H11ClN4O. The van der Waals surface area contributed by atoms with Gasteiger partial charge in [-0.25, -0.2) is 4.98 Å². The molecule has 0 spiro atoms. The van der Waals surface area contributed by atoms with E-state index in [1.165, 1.54) is 6.20 Å². The number of carbonyl (C=O) groups excluding carboxylic acids is 1. The molecule has 0 saturated heterocycles. The summed E-state index contributed by atoms with van der Waals surface area (Å²) in [5.74, 6) is -0.221. The molecule has 2 aromatic heterocycles. The predicted octanol–water partition coefficient (Wildman–Crippen LogP) is 1.76. The number of amides is 1. The second-order valence-corrected chi connectivity index (χ2v) is 4.09. The van der Waals surface area contributed by atoms with Crippen molar-refractivity contribution < 1.29 is 4.79 Å². The fourth-order valence-corrected chi connectivity index (χ4v) is 1.41. The largest absolute Gasteiger partial charge is 0.346 e. The van der Waals surface area contributed by atoms with Gasteiger partial charge in [0.2, 0.25) is 0 Å². The summed E-state index contributed by atoms with van der Waals surface area (Å²) in [7, 11) is 0. The topological polar surface area (TPSA) is 67.8 Å². The van der Waals surface area contributed by atoms with Crippen LogP contribution in [0.25, 0.3) is 0 Å². The molecule has 1 N–H and O–H groups in total. The van der Waals surface area contributed by atoms with E-state index in [0.717, 1.165) is 5.69 Å². The highest BCUT2D eigenvalue weighted by Crippen LogP contribution is 2.05. The van der Waals surface area contributed by atoms with Gasteiger partial charge in [0.25, 0.3) is 5.91 Å². The van der Waals surface area contributed by atoms with Gasteiger partial charge < -0.3 is 5.32 Å². The average molecular weight is 263 g/mol. The van der Waals surface area contributed by atoms with Crippen molar-refractivity contribution in [1.29, 1.82) is 0 Å². The number of aromatic nitrogens is 3. The van der Waals surface area contributed by atoms with Crippen molar-refractivity contribution in [1.82, 2.24) is 20.3 Å². The van der Waals surface area contributed by atoms with Crippen LogP contribution < -0.4 is 5.32 Å². The zero-order chi connectivity index (χ0) is 13.0. The van der Waals surface area contributed by atoms with Crippen LogP contribution in [-0.2, 0) is 6.54 Å². The second kappa shape index (κ2) is 5.55. The van der Waals surface area contributed by atoms with Gasteiger partial charge in [0.15, 0.2) is 0 Å². The van der Waals surface area contributed by atoms with Gasteiger partial charge in [-0.15, -0.1) is 0 Å². The summed E-state index contributed by atoms with van der Waals surface area (Å²) in [6.07, 6.45) is 4.72. The Morgan fingerprint density at radius 2 is 2.06 bits per heavy atom. The first-order valence-electron chi connectivity index (χ1n) is 5.32. The van der Waals surface area contributed by atoms with Gasteiger partial charge in [0, 0.05) is 12.4 Å². The Bertz CT molecular complexity index is 539. The highest BCUT2D eigenvalue weighted by molar-refractivity contribution is 6.29. The highest BCUT2D eigenvalue weighted by Gasteiger charge is 2.06. The summed E-state index contributed by atoms with van der Waals surface area (Å²) in [6.45, 7) is 2.18. The third-order valence-corrected chi connectivity index (χ3v) is 2.48. The van der Waals surface area contributed by atoms with Crippen LogP contribution in [0.5, 0.6) is 0 Å². The second-order valence-electron chi connectivity index (χ2n) is 3.70. The van der Waals surface area contributed by atoms with Crippen LogP contribution in [0.1, 0.15) is 21.7 Å². The maximum absolute atomic E-state index is 11.8. The Hall–Kier alpha value is -2.01. The predicted molar refractivity (Wildman–Crippen MR) is 67.2 cm³/mol. The first-order valence-corrected chi connectivity index (χ1v) is 5.70. The lowest BCUT2D eigenvalue weighted by Crippen LogP contribution is -2.23.